The Morgan fingerprint density at radius 1 is 1.26 bits per heavy atom. The highest BCUT2D eigenvalue weighted by Gasteiger charge is 2.10. The fraction of sp³-hybridized carbons (Fsp3) is 0.133. The van der Waals surface area contributed by atoms with Gasteiger partial charge in [0.05, 0.1) is 10.7 Å². The van der Waals surface area contributed by atoms with Gasteiger partial charge in [-0.2, -0.15) is 0 Å². The Hall–Kier alpha value is -1.05. The van der Waals surface area contributed by atoms with E-state index in [1.54, 1.807) is 36.4 Å². The smallest absolute Gasteiger partial charge is 0.259 e. The quantitative estimate of drug-likeness (QED) is 0.412. The van der Waals surface area contributed by atoms with Crippen molar-refractivity contribution in [1.82, 2.24) is 0 Å². The van der Waals surface area contributed by atoms with Gasteiger partial charge in [-0.3, -0.25) is 14.1 Å². The van der Waals surface area contributed by atoms with Crippen LogP contribution in [0.1, 0.15) is 22.8 Å². The predicted molar refractivity (Wildman–Crippen MR) is 96.9 cm³/mol. The fourth-order valence-electron chi connectivity index (χ4n) is 1.87. The molecule has 2 aromatic carbocycles. The van der Waals surface area contributed by atoms with Gasteiger partial charge in [0, 0.05) is 21.2 Å². The number of halogens is 2. The molecule has 0 amide bonds. The minimum atomic E-state index is -2.19. The number of carbonyl (C=O) groups excluding carboxylic acids is 1. The van der Waals surface area contributed by atoms with E-state index in [1.807, 2.05) is 0 Å². The molecule has 0 fully saturated rings. The van der Waals surface area contributed by atoms with Crippen LogP contribution in [-0.2, 0) is 17.0 Å². The van der Waals surface area contributed by atoms with Crippen LogP contribution in [0.5, 0.6) is 0 Å². The number of hydrogen-bond acceptors (Lipinski definition) is 3. The summed E-state index contributed by atoms with van der Waals surface area (Å²) in [5, 5.41) is 1.08. The lowest BCUT2D eigenvalue weighted by Crippen LogP contribution is -2.05. The predicted octanol–water partition coefficient (Wildman–Crippen LogP) is 5.04. The normalized spacial score (nSPS) is 12.0. The number of carbonyl (C=O) groups is 1. The van der Waals surface area contributed by atoms with E-state index in [9.17, 15) is 9.00 Å². The molecule has 0 heterocycles. The number of benzene rings is 2. The summed E-state index contributed by atoms with van der Waals surface area (Å²) in [5.41, 5.74) is 1.77. The van der Waals surface area contributed by atoms with E-state index in [0.29, 0.717) is 27.0 Å². The van der Waals surface area contributed by atoms with E-state index in [4.69, 9.17) is 27.8 Å². The number of nitrogens with one attached hydrogen (secondary N) is 1. The van der Waals surface area contributed by atoms with Crippen LogP contribution >= 0.6 is 35.0 Å². The minimum absolute atomic E-state index is 0.0718. The molecule has 0 aliphatic carbocycles. The van der Waals surface area contributed by atoms with E-state index in [2.05, 4.69) is 4.72 Å². The molecule has 0 spiro atoms. The van der Waals surface area contributed by atoms with Crippen LogP contribution in [0.4, 0.5) is 5.69 Å². The largest absolute Gasteiger partial charge is 0.295 e. The van der Waals surface area contributed by atoms with E-state index in [1.165, 1.54) is 18.7 Å². The molecule has 2 N–H and O–H groups in total. The number of ketones is 1. The van der Waals surface area contributed by atoms with Gasteiger partial charge in [-0.15, -0.1) is 11.8 Å². The van der Waals surface area contributed by atoms with Gasteiger partial charge in [0.1, 0.15) is 0 Å². The third-order valence-corrected chi connectivity index (χ3v) is 5.16. The molecule has 0 aliphatic heterocycles. The Kier molecular flexibility index (Phi) is 6.50. The maximum atomic E-state index is 11.5. The monoisotopic (exact) mass is 389 g/mol. The SMILES string of the molecule is CC(=O)c1ccc(NS(=O)O)c(CSc2ccc(Cl)cc2Cl)c1. The number of thioether (sulfide) groups is 1. The Morgan fingerprint density at radius 3 is 2.61 bits per heavy atom. The minimum Gasteiger partial charge on any atom is -0.295 e. The van der Waals surface area contributed by atoms with Crippen molar-refractivity contribution in [3.8, 4) is 0 Å². The lowest BCUT2D eigenvalue weighted by Gasteiger charge is -2.11. The molecule has 8 heteroatoms. The summed E-state index contributed by atoms with van der Waals surface area (Å²) in [7, 11) is 0. The molecule has 1 unspecified atom stereocenters. The van der Waals surface area contributed by atoms with Crippen molar-refractivity contribution in [3.05, 3.63) is 57.6 Å². The third-order valence-electron chi connectivity index (χ3n) is 2.99. The molecule has 4 nitrogen and oxygen atoms in total. The van der Waals surface area contributed by atoms with Gasteiger partial charge in [0.15, 0.2) is 5.78 Å². The Bertz CT molecular complexity index is 768. The summed E-state index contributed by atoms with van der Waals surface area (Å²) >= 11 is 11.3. The standard InChI is InChI=1S/C15H13Cl2NO3S2/c1-9(19)10-2-4-14(18-23(20)21)11(6-10)8-22-15-5-3-12(16)7-13(15)17/h2-7,18H,8H2,1H3,(H,20,21). The van der Waals surface area contributed by atoms with Crippen molar-refractivity contribution in [1.29, 1.82) is 0 Å². The van der Waals surface area contributed by atoms with Crippen molar-refractivity contribution in [2.45, 2.75) is 17.6 Å². The first-order valence-corrected chi connectivity index (χ1v) is 9.31. The summed E-state index contributed by atoms with van der Waals surface area (Å²) in [4.78, 5) is 12.4. The van der Waals surface area contributed by atoms with Crippen LogP contribution in [0.3, 0.4) is 0 Å². The molecular weight excluding hydrogens is 377 g/mol. The van der Waals surface area contributed by atoms with Crippen molar-refractivity contribution >= 4 is 57.7 Å². The van der Waals surface area contributed by atoms with Crippen LogP contribution in [0.25, 0.3) is 0 Å². The van der Waals surface area contributed by atoms with Crippen molar-refractivity contribution in [3.63, 3.8) is 0 Å². The van der Waals surface area contributed by atoms with Gasteiger partial charge >= 0.3 is 0 Å². The van der Waals surface area contributed by atoms with E-state index in [-0.39, 0.29) is 5.78 Å². The summed E-state index contributed by atoms with van der Waals surface area (Å²) < 4.78 is 22.5. The van der Waals surface area contributed by atoms with Crippen molar-refractivity contribution in [2.75, 3.05) is 4.72 Å². The summed E-state index contributed by atoms with van der Waals surface area (Å²) in [6, 6.07) is 10.1. The fourth-order valence-corrected chi connectivity index (χ4v) is 3.74. The highest BCUT2D eigenvalue weighted by molar-refractivity contribution is 7.98. The second-order valence-corrected chi connectivity index (χ2v) is 7.21. The molecule has 2 aromatic rings. The second-order valence-electron chi connectivity index (χ2n) is 4.64. The summed E-state index contributed by atoms with van der Waals surface area (Å²) in [6.45, 7) is 1.47. The van der Waals surface area contributed by atoms with E-state index >= 15 is 0 Å². The number of Topliss-reactive ketones (excluding diaryl/α,β-unsaturated/α-hetero) is 1. The van der Waals surface area contributed by atoms with Gasteiger partial charge in [-0.1, -0.05) is 23.2 Å². The zero-order valence-electron chi connectivity index (χ0n) is 12.0. The van der Waals surface area contributed by atoms with Gasteiger partial charge in [0.2, 0.25) is 0 Å². The molecule has 122 valence electrons. The molecule has 0 aliphatic rings. The maximum absolute atomic E-state index is 11.5. The summed E-state index contributed by atoms with van der Waals surface area (Å²) in [6.07, 6.45) is 0. The van der Waals surface area contributed by atoms with Gasteiger partial charge < -0.3 is 0 Å². The van der Waals surface area contributed by atoms with Gasteiger partial charge in [-0.25, -0.2) is 4.21 Å². The van der Waals surface area contributed by atoms with Crippen LogP contribution in [0, 0.1) is 0 Å². The van der Waals surface area contributed by atoms with E-state index < -0.39 is 11.3 Å². The Morgan fingerprint density at radius 2 is 2.00 bits per heavy atom. The first kappa shape index (κ1) is 18.3. The zero-order valence-corrected chi connectivity index (χ0v) is 15.2. The molecular formula is C15H13Cl2NO3S2. The highest BCUT2D eigenvalue weighted by Crippen LogP contribution is 2.33. The van der Waals surface area contributed by atoms with Crippen LogP contribution in [-0.4, -0.2) is 14.5 Å². The average molecular weight is 390 g/mol. The van der Waals surface area contributed by atoms with Crippen molar-refractivity contribution in [2.24, 2.45) is 0 Å². The lowest BCUT2D eigenvalue weighted by atomic mass is 10.1. The molecule has 0 saturated heterocycles. The van der Waals surface area contributed by atoms with Crippen LogP contribution in [0.15, 0.2) is 41.3 Å². The maximum Gasteiger partial charge on any atom is 0.259 e. The molecule has 0 aromatic heterocycles. The first-order chi connectivity index (χ1) is 10.9. The second kappa shape index (κ2) is 8.17. The van der Waals surface area contributed by atoms with Crippen LogP contribution in [0.2, 0.25) is 10.0 Å². The van der Waals surface area contributed by atoms with Crippen molar-refractivity contribution < 1.29 is 13.6 Å². The van der Waals surface area contributed by atoms with E-state index in [0.717, 1.165) is 10.5 Å². The number of anilines is 1. The number of hydrogen-bond donors (Lipinski definition) is 2. The molecule has 0 radical (unpaired) electrons. The molecule has 0 saturated carbocycles. The topological polar surface area (TPSA) is 66.4 Å². The molecule has 2 rings (SSSR count). The highest BCUT2D eigenvalue weighted by atomic mass is 35.5. The first-order valence-electron chi connectivity index (χ1n) is 6.46. The van der Waals surface area contributed by atoms with Gasteiger partial charge in [-0.05, 0) is 48.9 Å². The Balaban J connectivity index is 2.26. The molecule has 23 heavy (non-hydrogen) atoms. The summed E-state index contributed by atoms with van der Waals surface area (Å²) in [5.74, 6) is 0.402. The third kappa shape index (κ3) is 5.22. The molecule has 0 bridgehead atoms. The average Bonchev–Trinajstić information content (AvgIpc) is 2.46. The number of rotatable bonds is 6. The Labute approximate surface area is 151 Å². The van der Waals surface area contributed by atoms with Crippen LogP contribution < -0.4 is 4.72 Å². The lowest BCUT2D eigenvalue weighted by molar-refractivity contribution is 0.101. The molecule has 1 atom stereocenters. The zero-order chi connectivity index (χ0) is 17.0. The van der Waals surface area contributed by atoms with Gasteiger partial charge in [0.25, 0.3) is 11.3 Å².